The maximum Gasteiger partial charge on any atom is 0.0543 e. The number of aryl methyl sites for hydroxylation is 2. The fourth-order valence-electron chi connectivity index (χ4n) is 6.35. The molecule has 1 aliphatic carbocycles. The van der Waals surface area contributed by atoms with Gasteiger partial charge in [0.25, 0.3) is 0 Å². The molecule has 2 aliphatic rings. The van der Waals surface area contributed by atoms with Gasteiger partial charge in [-0.15, -0.1) is 0 Å². The first kappa shape index (κ1) is 26.0. The molecule has 1 heteroatoms. The Morgan fingerprint density at radius 3 is 2.29 bits per heavy atom. The predicted molar refractivity (Wildman–Crippen MR) is 181 cm³/mol. The highest BCUT2D eigenvalue weighted by Crippen LogP contribution is 2.42. The summed E-state index contributed by atoms with van der Waals surface area (Å²) in [7, 11) is 0. The molecule has 0 fully saturated rings. The molecule has 5 aromatic carbocycles. The van der Waals surface area contributed by atoms with E-state index in [0.717, 1.165) is 18.5 Å². The Morgan fingerprint density at radius 2 is 1.43 bits per heavy atom. The number of allylic oxidation sites excluding steroid dienone is 7. The molecule has 0 saturated heterocycles. The third-order valence-electron chi connectivity index (χ3n) is 8.76. The van der Waals surface area contributed by atoms with Gasteiger partial charge < -0.3 is 5.32 Å². The Labute approximate surface area is 249 Å². The summed E-state index contributed by atoms with van der Waals surface area (Å²) in [5.41, 5.74) is 16.6. The van der Waals surface area contributed by atoms with Crippen molar-refractivity contribution in [3.8, 4) is 11.1 Å². The molecule has 0 unspecified atom stereocenters. The Bertz CT molecular complexity index is 1960. The van der Waals surface area contributed by atoms with Crippen LogP contribution < -0.4 is 5.32 Å². The average molecular weight is 542 g/mol. The molecule has 1 nitrogen and oxygen atoms in total. The van der Waals surface area contributed by atoms with Crippen molar-refractivity contribution in [3.63, 3.8) is 0 Å². The van der Waals surface area contributed by atoms with E-state index >= 15 is 0 Å². The highest BCUT2D eigenvalue weighted by Gasteiger charge is 2.21. The van der Waals surface area contributed by atoms with Crippen molar-refractivity contribution < 1.29 is 0 Å². The predicted octanol–water partition coefficient (Wildman–Crippen LogP) is 10.8. The zero-order chi connectivity index (χ0) is 28.6. The molecule has 204 valence electrons. The number of fused-ring (bicyclic) bond motifs is 5. The van der Waals surface area contributed by atoms with Crippen LogP contribution >= 0.6 is 0 Å². The van der Waals surface area contributed by atoms with Gasteiger partial charge in [0.2, 0.25) is 0 Å². The number of benzene rings is 5. The summed E-state index contributed by atoms with van der Waals surface area (Å²) in [6, 6.07) is 37.8. The van der Waals surface area contributed by atoms with Gasteiger partial charge in [0.1, 0.15) is 0 Å². The summed E-state index contributed by atoms with van der Waals surface area (Å²) in [6.07, 6.45) is 11.1. The third kappa shape index (κ3) is 4.82. The second-order valence-corrected chi connectivity index (χ2v) is 11.6. The first-order valence-corrected chi connectivity index (χ1v) is 14.9. The Kier molecular flexibility index (Phi) is 6.72. The lowest BCUT2D eigenvalue weighted by molar-refractivity contribution is 1.19. The zero-order valence-corrected chi connectivity index (χ0v) is 24.5. The van der Waals surface area contributed by atoms with Gasteiger partial charge in [-0.1, -0.05) is 115 Å². The van der Waals surface area contributed by atoms with E-state index in [1.807, 2.05) is 0 Å². The van der Waals surface area contributed by atoms with E-state index in [4.69, 9.17) is 0 Å². The fraction of sp³-hybridized carbons (Fsp3) is 0.122. The molecule has 1 aliphatic heterocycles. The van der Waals surface area contributed by atoms with E-state index in [9.17, 15) is 0 Å². The summed E-state index contributed by atoms with van der Waals surface area (Å²) < 4.78 is 0. The topological polar surface area (TPSA) is 12.0 Å². The van der Waals surface area contributed by atoms with Crippen LogP contribution in [0.15, 0.2) is 139 Å². The second kappa shape index (κ2) is 10.8. The maximum absolute atomic E-state index is 3.84. The molecular weight excluding hydrogens is 506 g/mol. The minimum Gasteiger partial charge on any atom is -0.354 e. The summed E-state index contributed by atoms with van der Waals surface area (Å²) in [6.45, 7) is 6.69. The van der Waals surface area contributed by atoms with Crippen LogP contribution in [0.1, 0.15) is 46.7 Å². The first-order valence-electron chi connectivity index (χ1n) is 14.9. The van der Waals surface area contributed by atoms with Crippen molar-refractivity contribution >= 4 is 27.6 Å². The van der Waals surface area contributed by atoms with Crippen LogP contribution in [0.4, 0.5) is 5.69 Å². The zero-order valence-electron chi connectivity index (χ0n) is 24.5. The van der Waals surface area contributed by atoms with E-state index in [2.05, 4.69) is 154 Å². The minimum atomic E-state index is 0.883. The SMILES string of the molecule is CC1=C2/C=C\CC=C(c3ccc(C)c(-c4cc(Cc5ccccc5)ccc4C)c3)/C=C1/Nc1c2ccc2ccccc12. The van der Waals surface area contributed by atoms with Gasteiger partial charge in [-0.05, 0) is 107 Å². The van der Waals surface area contributed by atoms with Crippen molar-refractivity contribution in [2.24, 2.45) is 0 Å². The van der Waals surface area contributed by atoms with Gasteiger partial charge in [-0.25, -0.2) is 0 Å². The smallest absolute Gasteiger partial charge is 0.0543 e. The van der Waals surface area contributed by atoms with Crippen molar-refractivity contribution in [2.75, 3.05) is 5.32 Å². The van der Waals surface area contributed by atoms with Crippen LogP contribution in [0.25, 0.3) is 33.0 Å². The van der Waals surface area contributed by atoms with Crippen molar-refractivity contribution in [1.29, 1.82) is 0 Å². The van der Waals surface area contributed by atoms with Crippen LogP contribution in [0.2, 0.25) is 0 Å². The first-order chi connectivity index (χ1) is 20.5. The van der Waals surface area contributed by atoms with E-state index in [-0.39, 0.29) is 0 Å². The van der Waals surface area contributed by atoms with E-state index in [1.54, 1.807) is 0 Å². The van der Waals surface area contributed by atoms with Crippen molar-refractivity contribution in [3.05, 3.63) is 172 Å². The summed E-state index contributed by atoms with van der Waals surface area (Å²) >= 11 is 0. The molecule has 7 rings (SSSR count). The Hall–Kier alpha value is -4.88. The number of rotatable bonds is 4. The van der Waals surface area contributed by atoms with Crippen LogP contribution in [-0.2, 0) is 6.42 Å². The van der Waals surface area contributed by atoms with Crippen molar-refractivity contribution in [2.45, 2.75) is 33.6 Å². The Morgan fingerprint density at radius 1 is 0.667 bits per heavy atom. The molecule has 5 aromatic rings. The van der Waals surface area contributed by atoms with Crippen molar-refractivity contribution in [1.82, 2.24) is 0 Å². The van der Waals surface area contributed by atoms with E-state index < -0.39 is 0 Å². The number of hydrogen-bond acceptors (Lipinski definition) is 1. The number of anilines is 1. The lowest BCUT2D eigenvalue weighted by Crippen LogP contribution is -2.11. The van der Waals surface area contributed by atoms with Gasteiger partial charge in [-0.2, -0.15) is 0 Å². The Balaban J connectivity index is 1.30. The van der Waals surface area contributed by atoms with Crippen LogP contribution in [-0.4, -0.2) is 0 Å². The quantitative estimate of drug-likeness (QED) is 0.239. The monoisotopic (exact) mass is 541 g/mol. The van der Waals surface area contributed by atoms with Gasteiger partial charge in [-0.3, -0.25) is 0 Å². The third-order valence-corrected chi connectivity index (χ3v) is 8.76. The van der Waals surface area contributed by atoms with Crippen LogP contribution in [0, 0.1) is 13.8 Å². The second-order valence-electron chi connectivity index (χ2n) is 11.6. The van der Waals surface area contributed by atoms with Crippen LogP contribution in [0.3, 0.4) is 0 Å². The normalized spacial score (nSPS) is 16.4. The standard InChI is InChI=1S/C41H35N/c1-27-17-19-31(23-30-11-5-4-6-12-30)24-38(27)39-25-34(20-18-28(39)2)33-14-8-9-15-35-29(3)40(26-33)42-41-36-16-10-7-13-32(36)21-22-37(35)41/h4-7,9-22,24-26,42H,8,23H2,1-3H3/b15-9-,33-14?,40-26+. The van der Waals surface area contributed by atoms with Gasteiger partial charge in [0.05, 0.1) is 5.69 Å². The molecule has 1 N–H and O–H groups in total. The molecule has 0 saturated carbocycles. The molecule has 42 heavy (non-hydrogen) atoms. The largest absolute Gasteiger partial charge is 0.354 e. The highest BCUT2D eigenvalue weighted by molar-refractivity contribution is 6.05. The van der Waals surface area contributed by atoms with Gasteiger partial charge in [0.15, 0.2) is 0 Å². The number of nitrogens with one attached hydrogen (secondary N) is 1. The average Bonchev–Trinajstić information content (AvgIpc) is 3.06. The molecule has 1 heterocycles. The molecule has 0 spiro atoms. The minimum absolute atomic E-state index is 0.883. The summed E-state index contributed by atoms with van der Waals surface area (Å²) in [4.78, 5) is 0. The maximum atomic E-state index is 3.84. The fourth-order valence-corrected chi connectivity index (χ4v) is 6.35. The van der Waals surface area contributed by atoms with Gasteiger partial charge >= 0.3 is 0 Å². The molecule has 0 aromatic heterocycles. The summed E-state index contributed by atoms with van der Waals surface area (Å²) in [5.74, 6) is 0. The molecule has 0 amide bonds. The van der Waals surface area contributed by atoms with E-state index in [1.165, 1.54) is 77.7 Å². The van der Waals surface area contributed by atoms with Crippen LogP contribution in [0.5, 0.6) is 0 Å². The molecule has 2 bridgehead atoms. The highest BCUT2D eigenvalue weighted by atomic mass is 14.9. The van der Waals surface area contributed by atoms with Gasteiger partial charge in [0, 0.05) is 16.6 Å². The lowest BCUT2D eigenvalue weighted by Gasteiger charge is -2.26. The number of hydrogen-bond donors (Lipinski definition) is 1. The molecular formula is C41H35N. The molecule has 0 radical (unpaired) electrons. The van der Waals surface area contributed by atoms with E-state index in [0.29, 0.717) is 0 Å². The lowest BCUT2D eigenvalue weighted by atomic mass is 9.88. The summed E-state index contributed by atoms with van der Waals surface area (Å²) in [5, 5.41) is 6.35. The molecule has 0 atom stereocenters.